The van der Waals surface area contributed by atoms with Gasteiger partial charge in [0.25, 0.3) is 0 Å². The smallest absolute Gasteiger partial charge is 0.330 e. The van der Waals surface area contributed by atoms with Gasteiger partial charge in [-0.1, -0.05) is 24.3 Å². The average molecular weight is 331 g/mol. The van der Waals surface area contributed by atoms with Crippen molar-refractivity contribution < 1.29 is 23.5 Å². The molecule has 0 aliphatic heterocycles. The second kappa shape index (κ2) is 6.03. The van der Waals surface area contributed by atoms with Gasteiger partial charge in [-0.3, -0.25) is 4.79 Å². The molecule has 1 aliphatic rings. The highest BCUT2D eigenvalue weighted by Gasteiger charge is 2.52. The number of carbonyl (C=O) groups excluding carboxylic acids is 1. The van der Waals surface area contributed by atoms with E-state index < -0.39 is 35.0 Å². The van der Waals surface area contributed by atoms with Gasteiger partial charge in [-0.15, -0.1) is 0 Å². The predicted octanol–water partition coefficient (Wildman–Crippen LogP) is 2.94. The Balaban J connectivity index is 1.84. The number of hydrogen-bond acceptors (Lipinski definition) is 2. The van der Waals surface area contributed by atoms with E-state index >= 15 is 0 Å². The second-order valence-electron chi connectivity index (χ2n) is 5.89. The lowest BCUT2D eigenvalue weighted by Crippen LogP contribution is -2.40. The van der Waals surface area contributed by atoms with Gasteiger partial charge in [0.05, 0.1) is 5.41 Å². The Labute approximate surface area is 137 Å². The molecule has 1 amide bonds. The molecule has 0 bridgehead atoms. The molecule has 0 aromatic heterocycles. The van der Waals surface area contributed by atoms with Crippen LogP contribution in [0, 0.1) is 11.6 Å². The van der Waals surface area contributed by atoms with Crippen LogP contribution in [-0.2, 0) is 15.0 Å². The van der Waals surface area contributed by atoms with Crippen molar-refractivity contribution in [3.05, 3.63) is 71.3 Å². The highest BCUT2D eigenvalue weighted by molar-refractivity contribution is 5.94. The number of carboxylic acids is 1. The third-order valence-corrected chi connectivity index (χ3v) is 4.29. The van der Waals surface area contributed by atoms with Crippen molar-refractivity contribution in [3.63, 3.8) is 0 Å². The maximum Gasteiger partial charge on any atom is 0.330 e. The van der Waals surface area contributed by atoms with Crippen LogP contribution < -0.4 is 5.32 Å². The Hall–Kier alpha value is -2.76. The normalized spacial score (nSPS) is 16.2. The summed E-state index contributed by atoms with van der Waals surface area (Å²) in [6.07, 6.45) is 1.11. The van der Waals surface area contributed by atoms with Gasteiger partial charge < -0.3 is 10.4 Å². The van der Waals surface area contributed by atoms with Crippen LogP contribution in [-0.4, -0.2) is 17.0 Å². The zero-order valence-corrected chi connectivity index (χ0v) is 12.6. The number of carboxylic acid groups (broad SMARTS) is 1. The molecule has 1 atom stereocenters. The number of benzene rings is 2. The van der Waals surface area contributed by atoms with Crippen molar-refractivity contribution in [3.8, 4) is 0 Å². The first-order chi connectivity index (χ1) is 11.4. The Morgan fingerprint density at radius 2 is 1.71 bits per heavy atom. The lowest BCUT2D eigenvalue weighted by Gasteiger charge is -2.20. The van der Waals surface area contributed by atoms with Crippen LogP contribution in [0.15, 0.2) is 48.5 Å². The van der Waals surface area contributed by atoms with Gasteiger partial charge in [0.15, 0.2) is 6.04 Å². The number of nitrogens with one attached hydrogen (secondary N) is 1. The largest absolute Gasteiger partial charge is 0.479 e. The van der Waals surface area contributed by atoms with Crippen LogP contribution in [0.5, 0.6) is 0 Å². The van der Waals surface area contributed by atoms with Crippen LogP contribution in [0.2, 0.25) is 0 Å². The van der Waals surface area contributed by atoms with Gasteiger partial charge in [-0.25, -0.2) is 13.6 Å². The first-order valence-electron chi connectivity index (χ1n) is 7.48. The SMILES string of the molecule is O=C(O)[C@@H](NC(=O)C1(c2ccc(F)cc2)CC1)c1cccc(F)c1. The third kappa shape index (κ3) is 2.99. The van der Waals surface area contributed by atoms with E-state index in [1.165, 1.54) is 42.5 Å². The first-order valence-corrected chi connectivity index (χ1v) is 7.48. The fourth-order valence-electron chi connectivity index (χ4n) is 2.78. The number of carbonyl (C=O) groups is 2. The molecule has 124 valence electrons. The molecule has 6 heteroatoms. The monoisotopic (exact) mass is 331 g/mol. The summed E-state index contributed by atoms with van der Waals surface area (Å²) in [5, 5.41) is 11.8. The summed E-state index contributed by atoms with van der Waals surface area (Å²) in [4.78, 5) is 24.1. The van der Waals surface area contributed by atoms with E-state index in [4.69, 9.17) is 0 Å². The molecule has 2 aromatic rings. The van der Waals surface area contributed by atoms with Crippen molar-refractivity contribution >= 4 is 11.9 Å². The van der Waals surface area contributed by atoms with Gasteiger partial charge in [0, 0.05) is 0 Å². The number of amides is 1. The summed E-state index contributed by atoms with van der Waals surface area (Å²) in [6.45, 7) is 0. The number of rotatable bonds is 5. The zero-order chi connectivity index (χ0) is 17.3. The standard InChI is InChI=1S/C18H15F2NO3/c19-13-6-4-12(5-7-13)18(8-9-18)17(24)21-15(16(22)23)11-2-1-3-14(20)10-11/h1-7,10,15H,8-9H2,(H,21,24)(H,22,23)/t15-/m0/s1. The Bertz CT molecular complexity index is 785. The Morgan fingerprint density at radius 1 is 1.04 bits per heavy atom. The van der Waals surface area contributed by atoms with E-state index in [1.54, 1.807) is 0 Å². The van der Waals surface area contributed by atoms with Crippen molar-refractivity contribution in [1.29, 1.82) is 0 Å². The summed E-state index contributed by atoms with van der Waals surface area (Å²) in [5.41, 5.74) is -0.0371. The van der Waals surface area contributed by atoms with E-state index in [0.29, 0.717) is 18.4 Å². The fraction of sp³-hybridized carbons (Fsp3) is 0.222. The van der Waals surface area contributed by atoms with Crippen LogP contribution in [0.3, 0.4) is 0 Å². The molecular formula is C18H15F2NO3. The molecule has 0 unspecified atom stereocenters. The van der Waals surface area contributed by atoms with E-state index in [9.17, 15) is 23.5 Å². The molecule has 0 heterocycles. The van der Waals surface area contributed by atoms with Crippen LogP contribution in [0.25, 0.3) is 0 Å². The van der Waals surface area contributed by atoms with Gasteiger partial charge in [0.2, 0.25) is 5.91 Å². The molecular weight excluding hydrogens is 316 g/mol. The van der Waals surface area contributed by atoms with Crippen molar-refractivity contribution in [1.82, 2.24) is 5.32 Å². The maximum atomic E-state index is 13.3. The molecule has 1 aliphatic carbocycles. The lowest BCUT2D eigenvalue weighted by atomic mass is 9.94. The van der Waals surface area contributed by atoms with Crippen LogP contribution in [0.1, 0.15) is 30.0 Å². The third-order valence-electron chi connectivity index (χ3n) is 4.29. The van der Waals surface area contributed by atoms with Crippen LogP contribution >= 0.6 is 0 Å². The van der Waals surface area contributed by atoms with E-state index in [1.807, 2.05) is 0 Å². The van der Waals surface area contributed by atoms with E-state index in [0.717, 1.165) is 6.07 Å². The fourth-order valence-corrected chi connectivity index (χ4v) is 2.78. The molecule has 4 nitrogen and oxygen atoms in total. The minimum Gasteiger partial charge on any atom is -0.479 e. The summed E-state index contributed by atoms with van der Waals surface area (Å²) >= 11 is 0. The molecule has 0 radical (unpaired) electrons. The highest BCUT2D eigenvalue weighted by atomic mass is 19.1. The number of halogens is 2. The number of hydrogen-bond donors (Lipinski definition) is 2. The van der Waals surface area contributed by atoms with Gasteiger partial charge >= 0.3 is 5.97 Å². The molecule has 1 saturated carbocycles. The summed E-state index contributed by atoms with van der Waals surface area (Å²) < 4.78 is 26.4. The van der Waals surface area contributed by atoms with Crippen molar-refractivity contribution in [2.45, 2.75) is 24.3 Å². The quantitative estimate of drug-likeness (QED) is 0.885. The molecule has 0 spiro atoms. The molecule has 1 fully saturated rings. The highest BCUT2D eigenvalue weighted by Crippen LogP contribution is 2.48. The maximum absolute atomic E-state index is 13.3. The summed E-state index contributed by atoms with van der Waals surface area (Å²) in [6, 6.07) is 9.36. The topological polar surface area (TPSA) is 66.4 Å². The van der Waals surface area contributed by atoms with E-state index in [-0.39, 0.29) is 5.56 Å². The Morgan fingerprint density at radius 3 is 2.25 bits per heavy atom. The molecule has 24 heavy (non-hydrogen) atoms. The van der Waals surface area contributed by atoms with Crippen LogP contribution in [0.4, 0.5) is 8.78 Å². The van der Waals surface area contributed by atoms with E-state index in [2.05, 4.69) is 5.32 Å². The van der Waals surface area contributed by atoms with Crippen molar-refractivity contribution in [2.75, 3.05) is 0 Å². The molecule has 2 aromatic carbocycles. The minimum atomic E-state index is -1.34. The molecule has 3 rings (SSSR count). The van der Waals surface area contributed by atoms with Gasteiger partial charge in [-0.05, 0) is 48.2 Å². The second-order valence-corrected chi connectivity index (χ2v) is 5.89. The predicted molar refractivity (Wildman–Crippen MR) is 82.2 cm³/mol. The first kappa shape index (κ1) is 16.1. The van der Waals surface area contributed by atoms with Crippen molar-refractivity contribution in [2.24, 2.45) is 0 Å². The Kier molecular flexibility index (Phi) is 4.05. The van der Waals surface area contributed by atoms with Gasteiger partial charge in [-0.2, -0.15) is 0 Å². The zero-order valence-electron chi connectivity index (χ0n) is 12.6. The van der Waals surface area contributed by atoms with Gasteiger partial charge in [0.1, 0.15) is 11.6 Å². The minimum absolute atomic E-state index is 0.158. The lowest BCUT2D eigenvalue weighted by molar-refractivity contribution is -0.142. The molecule has 2 N–H and O–H groups in total. The average Bonchev–Trinajstić information content (AvgIpc) is 3.34. The number of aliphatic carboxylic acids is 1. The molecule has 0 saturated heterocycles. The summed E-state index contributed by atoms with van der Waals surface area (Å²) in [5.74, 6) is -2.71. The summed E-state index contributed by atoms with van der Waals surface area (Å²) in [7, 11) is 0.